The van der Waals surface area contributed by atoms with Crippen molar-refractivity contribution in [1.82, 2.24) is 0 Å². The Morgan fingerprint density at radius 2 is 0.875 bits per heavy atom. The van der Waals surface area contributed by atoms with Crippen LogP contribution in [0.25, 0.3) is 0 Å². The molecule has 0 aliphatic heterocycles. The SMILES string of the molecule is CBr.CC.O=C(O)c1ccccc1Nc1cccc2c1C(=O)c1cccc(Nc3ccccc3C(=O)O)c1C2=O. The standard InChI is InChI=1S/C28H18N2O6.C2H6.CH3Br/c31-25-18-10-6-14-22(30-20-12-4-2-8-16(20)28(35)36)24(18)26(32)17-9-5-13-21(23(17)25)29-19-11-3-1-7-15(19)27(33)34;2*1-2/h1-14,29-30H,(H,33,34)(H,35,36);1-2H3;1H3. The molecule has 4 aromatic carbocycles. The fourth-order valence-electron chi connectivity index (χ4n) is 4.30. The summed E-state index contributed by atoms with van der Waals surface area (Å²) in [6, 6.07) is 22.1. The van der Waals surface area contributed by atoms with Gasteiger partial charge < -0.3 is 20.8 Å². The molecule has 40 heavy (non-hydrogen) atoms. The number of hydrogen-bond donors (Lipinski definition) is 4. The number of benzene rings is 4. The van der Waals surface area contributed by atoms with Crippen LogP contribution in [0.3, 0.4) is 0 Å². The van der Waals surface area contributed by atoms with E-state index in [1.54, 1.807) is 60.7 Å². The van der Waals surface area contributed by atoms with Crippen LogP contribution < -0.4 is 10.6 Å². The molecule has 8 nitrogen and oxygen atoms in total. The van der Waals surface area contributed by atoms with Crippen LogP contribution in [0.2, 0.25) is 0 Å². The van der Waals surface area contributed by atoms with Crippen LogP contribution in [0.15, 0.2) is 84.9 Å². The average Bonchev–Trinajstić information content (AvgIpc) is 2.98. The van der Waals surface area contributed by atoms with Crippen LogP contribution in [0.5, 0.6) is 0 Å². The van der Waals surface area contributed by atoms with Crippen molar-refractivity contribution in [3.8, 4) is 0 Å². The molecule has 0 aromatic heterocycles. The first kappa shape index (κ1) is 29.8. The van der Waals surface area contributed by atoms with Crippen molar-refractivity contribution in [2.24, 2.45) is 0 Å². The first-order chi connectivity index (χ1) is 19.4. The van der Waals surface area contributed by atoms with Crippen molar-refractivity contribution < 1.29 is 29.4 Å². The Morgan fingerprint density at radius 1 is 0.550 bits per heavy atom. The van der Waals surface area contributed by atoms with Gasteiger partial charge in [0, 0.05) is 11.1 Å². The molecular weight excluding hydrogens is 576 g/mol. The van der Waals surface area contributed by atoms with Crippen molar-refractivity contribution in [2.45, 2.75) is 13.8 Å². The van der Waals surface area contributed by atoms with E-state index in [0.717, 1.165) is 0 Å². The maximum Gasteiger partial charge on any atom is 0.337 e. The third-order valence-corrected chi connectivity index (χ3v) is 5.93. The predicted molar refractivity (Wildman–Crippen MR) is 159 cm³/mol. The summed E-state index contributed by atoms with van der Waals surface area (Å²) in [6.45, 7) is 4.00. The van der Waals surface area contributed by atoms with Crippen molar-refractivity contribution in [3.63, 3.8) is 0 Å². The van der Waals surface area contributed by atoms with Gasteiger partial charge in [-0.3, -0.25) is 9.59 Å². The summed E-state index contributed by atoms with van der Waals surface area (Å²) in [7, 11) is 0. The summed E-state index contributed by atoms with van der Waals surface area (Å²) in [5, 5.41) is 25.0. The minimum atomic E-state index is -1.13. The largest absolute Gasteiger partial charge is 0.478 e. The average molecular weight is 603 g/mol. The number of carbonyl (C=O) groups excluding carboxylic acids is 2. The molecule has 1 aliphatic carbocycles. The third kappa shape index (κ3) is 5.79. The van der Waals surface area contributed by atoms with Gasteiger partial charge in [-0.2, -0.15) is 0 Å². The lowest BCUT2D eigenvalue weighted by molar-refractivity contribution is 0.0687. The van der Waals surface area contributed by atoms with E-state index < -0.39 is 23.5 Å². The molecule has 204 valence electrons. The number of fused-ring (bicyclic) bond motifs is 2. The monoisotopic (exact) mass is 602 g/mol. The van der Waals surface area contributed by atoms with Gasteiger partial charge in [0.25, 0.3) is 0 Å². The number of anilines is 4. The highest BCUT2D eigenvalue weighted by molar-refractivity contribution is 9.08. The highest BCUT2D eigenvalue weighted by Gasteiger charge is 2.34. The number of alkyl halides is 1. The number of hydrogen-bond acceptors (Lipinski definition) is 6. The molecule has 0 spiro atoms. The van der Waals surface area contributed by atoms with Crippen LogP contribution in [0.4, 0.5) is 22.7 Å². The molecule has 0 atom stereocenters. The van der Waals surface area contributed by atoms with Gasteiger partial charge in [0.2, 0.25) is 0 Å². The summed E-state index contributed by atoms with van der Waals surface area (Å²) in [6.07, 6.45) is 0. The molecule has 0 saturated carbocycles. The normalized spacial score (nSPS) is 11.0. The van der Waals surface area contributed by atoms with Crippen LogP contribution in [-0.2, 0) is 0 Å². The first-order valence-electron chi connectivity index (χ1n) is 12.3. The number of carboxylic acid groups (broad SMARTS) is 2. The Kier molecular flexibility index (Phi) is 9.94. The smallest absolute Gasteiger partial charge is 0.337 e. The van der Waals surface area contributed by atoms with Crippen molar-refractivity contribution in [2.75, 3.05) is 16.5 Å². The molecule has 0 fully saturated rings. The second-order valence-corrected chi connectivity index (χ2v) is 8.07. The summed E-state index contributed by atoms with van der Waals surface area (Å²) in [5.74, 6) is -1.27. The number of ketones is 2. The Hall–Kier alpha value is -4.76. The molecule has 0 bridgehead atoms. The van der Waals surface area contributed by atoms with E-state index in [0.29, 0.717) is 11.4 Å². The minimum absolute atomic E-state index is 0.0219. The van der Waals surface area contributed by atoms with Crippen molar-refractivity contribution in [1.29, 1.82) is 0 Å². The number of para-hydroxylation sites is 2. The van der Waals surface area contributed by atoms with Gasteiger partial charge in [-0.05, 0) is 42.2 Å². The molecular formula is C31H27BrN2O6. The second kappa shape index (κ2) is 13.3. The van der Waals surface area contributed by atoms with Crippen molar-refractivity contribution in [3.05, 3.63) is 118 Å². The van der Waals surface area contributed by atoms with Crippen LogP contribution in [-0.4, -0.2) is 39.6 Å². The minimum Gasteiger partial charge on any atom is -0.478 e. The maximum absolute atomic E-state index is 13.6. The maximum atomic E-state index is 13.6. The Labute approximate surface area is 239 Å². The van der Waals surface area contributed by atoms with E-state index in [9.17, 15) is 29.4 Å². The van der Waals surface area contributed by atoms with E-state index >= 15 is 0 Å². The molecule has 5 rings (SSSR count). The van der Waals surface area contributed by atoms with Gasteiger partial charge in [-0.25, -0.2) is 9.59 Å². The van der Waals surface area contributed by atoms with Gasteiger partial charge in [0.1, 0.15) is 0 Å². The Morgan fingerprint density at radius 3 is 1.23 bits per heavy atom. The molecule has 0 amide bonds. The highest BCUT2D eigenvalue weighted by Crippen LogP contribution is 2.37. The lowest BCUT2D eigenvalue weighted by Crippen LogP contribution is -2.23. The van der Waals surface area contributed by atoms with Crippen molar-refractivity contribution >= 4 is 62.2 Å². The quantitative estimate of drug-likeness (QED) is 0.148. The summed E-state index contributed by atoms with van der Waals surface area (Å²) < 4.78 is 0. The number of carbonyl (C=O) groups is 4. The third-order valence-electron chi connectivity index (χ3n) is 5.93. The molecule has 9 heteroatoms. The zero-order chi connectivity index (χ0) is 29.4. The van der Waals surface area contributed by atoms with Gasteiger partial charge >= 0.3 is 11.9 Å². The molecule has 0 radical (unpaired) electrons. The molecule has 0 heterocycles. The van der Waals surface area contributed by atoms with Crippen LogP contribution in [0.1, 0.15) is 66.4 Å². The molecule has 4 N–H and O–H groups in total. The zero-order valence-corrected chi connectivity index (χ0v) is 23.6. The zero-order valence-electron chi connectivity index (χ0n) is 22.0. The van der Waals surface area contributed by atoms with Gasteiger partial charge in [-0.15, -0.1) is 0 Å². The number of rotatable bonds is 6. The highest BCUT2D eigenvalue weighted by atomic mass is 79.9. The Bertz CT molecular complexity index is 1480. The molecule has 4 aromatic rings. The molecule has 0 saturated heterocycles. The van der Waals surface area contributed by atoms with Gasteiger partial charge in [0.05, 0.1) is 45.0 Å². The molecule has 0 unspecified atom stereocenters. The second-order valence-electron chi connectivity index (χ2n) is 8.07. The van der Waals surface area contributed by atoms with E-state index in [1.165, 1.54) is 24.3 Å². The fraction of sp³-hybridized carbons (Fsp3) is 0.0968. The number of halogens is 1. The first-order valence-corrected chi connectivity index (χ1v) is 13.9. The van der Waals surface area contributed by atoms with Crippen LogP contribution in [0, 0.1) is 0 Å². The van der Waals surface area contributed by atoms with E-state index in [-0.39, 0.29) is 44.8 Å². The number of carboxylic acids is 2. The topological polar surface area (TPSA) is 133 Å². The summed E-state index contributed by atoms with van der Waals surface area (Å²) in [4.78, 5) is 50.5. The van der Waals surface area contributed by atoms with Crippen LogP contribution >= 0.6 is 15.9 Å². The predicted octanol–water partition coefficient (Wildman–Crippen LogP) is 7.38. The summed E-state index contributed by atoms with van der Waals surface area (Å²) in [5.41, 5.74) is 1.81. The lowest BCUT2D eigenvalue weighted by Gasteiger charge is -2.23. The van der Waals surface area contributed by atoms with E-state index in [1.807, 2.05) is 19.7 Å². The fourth-order valence-corrected chi connectivity index (χ4v) is 4.30. The van der Waals surface area contributed by atoms with Gasteiger partial charge in [0.15, 0.2) is 11.6 Å². The number of aromatic carboxylic acids is 2. The Balaban J connectivity index is 0.00000106. The lowest BCUT2D eigenvalue weighted by atomic mass is 9.82. The number of nitrogens with one attached hydrogen (secondary N) is 2. The van der Waals surface area contributed by atoms with E-state index in [4.69, 9.17) is 0 Å². The van der Waals surface area contributed by atoms with E-state index in [2.05, 4.69) is 26.6 Å². The molecule has 1 aliphatic rings. The van der Waals surface area contributed by atoms with Gasteiger partial charge in [-0.1, -0.05) is 78.3 Å². The summed E-state index contributed by atoms with van der Waals surface area (Å²) >= 11 is 2.94.